The number of hydrogen-bond acceptors (Lipinski definition) is 3. The highest BCUT2D eigenvalue weighted by Gasteiger charge is 1.98. The first-order chi connectivity index (χ1) is 7.22. The van der Waals surface area contributed by atoms with Crippen molar-refractivity contribution in [2.45, 2.75) is 27.4 Å². The summed E-state index contributed by atoms with van der Waals surface area (Å²) >= 11 is 0. The number of anilines is 1. The molecule has 0 spiro atoms. The molecule has 1 rings (SSSR count). The summed E-state index contributed by atoms with van der Waals surface area (Å²) in [6, 6.07) is 5.95. The Morgan fingerprint density at radius 2 is 2.20 bits per heavy atom. The van der Waals surface area contributed by atoms with Crippen LogP contribution in [0.1, 0.15) is 26.5 Å². The largest absolute Gasteiger partial charge is 0.375 e. The van der Waals surface area contributed by atoms with Crippen LogP contribution in [-0.4, -0.2) is 18.1 Å². The smallest absolute Gasteiger partial charge is 0.126 e. The molecule has 3 nitrogen and oxygen atoms in total. The molecular formula is C12H20N2O. The zero-order valence-electron chi connectivity index (χ0n) is 9.79. The van der Waals surface area contributed by atoms with Crippen molar-refractivity contribution in [3.05, 3.63) is 23.9 Å². The van der Waals surface area contributed by atoms with Crippen molar-refractivity contribution in [2.24, 2.45) is 5.92 Å². The fourth-order valence-electron chi connectivity index (χ4n) is 1.24. The van der Waals surface area contributed by atoms with Crippen LogP contribution in [0.3, 0.4) is 0 Å². The summed E-state index contributed by atoms with van der Waals surface area (Å²) in [7, 11) is 0. The summed E-state index contributed by atoms with van der Waals surface area (Å²) in [4.78, 5) is 4.42. The van der Waals surface area contributed by atoms with Crippen molar-refractivity contribution in [3.63, 3.8) is 0 Å². The van der Waals surface area contributed by atoms with Crippen LogP contribution in [0.25, 0.3) is 0 Å². The molecule has 0 amide bonds. The summed E-state index contributed by atoms with van der Waals surface area (Å²) in [5.41, 5.74) is 0.981. The molecule has 0 fully saturated rings. The maximum Gasteiger partial charge on any atom is 0.126 e. The molecular weight excluding hydrogens is 188 g/mol. The van der Waals surface area contributed by atoms with E-state index in [9.17, 15) is 0 Å². The molecule has 0 saturated carbocycles. The third-order valence-corrected chi connectivity index (χ3v) is 1.87. The first-order valence-corrected chi connectivity index (χ1v) is 5.50. The lowest BCUT2D eigenvalue weighted by Crippen LogP contribution is -2.05. The Balaban J connectivity index is 2.43. The Kier molecular flexibility index (Phi) is 5.12. The molecule has 0 aliphatic carbocycles. The van der Waals surface area contributed by atoms with Crippen molar-refractivity contribution in [1.82, 2.24) is 4.98 Å². The monoisotopic (exact) mass is 208 g/mol. The SMILES string of the molecule is CCNc1cccc(COCC(C)C)n1. The maximum atomic E-state index is 5.52. The van der Waals surface area contributed by atoms with Crippen LogP contribution in [0.4, 0.5) is 5.82 Å². The maximum absolute atomic E-state index is 5.52. The van der Waals surface area contributed by atoms with E-state index in [2.05, 4.69) is 31.1 Å². The molecule has 0 radical (unpaired) electrons. The van der Waals surface area contributed by atoms with E-state index in [1.54, 1.807) is 0 Å². The summed E-state index contributed by atoms with van der Waals surface area (Å²) in [5.74, 6) is 1.49. The highest BCUT2D eigenvalue weighted by Crippen LogP contribution is 2.06. The summed E-state index contributed by atoms with van der Waals surface area (Å²) in [6.45, 7) is 8.61. The standard InChI is InChI=1S/C12H20N2O/c1-4-13-12-7-5-6-11(14-12)9-15-8-10(2)3/h5-7,10H,4,8-9H2,1-3H3,(H,13,14). The van der Waals surface area contributed by atoms with Gasteiger partial charge in [0.25, 0.3) is 0 Å². The lowest BCUT2D eigenvalue weighted by atomic mass is 10.2. The van der Waals surface area contributed by atoms with Gasteiger partial charge in [-0.1, -0.05) is 19.9 Å². The van der Waals surface area contributed by atoms with Gasteiger partial charge in [-0.25, -0.2) is 4.98 Å². The molecule has 0 unspecified atom stereocenters. The van der Waals surface area contributed by atoms with Gasteiger partial charge in [0.2, 0.25) is 0 Å². The Bertz CT molecular complexity index is 287. The number of pyridine rings is 1. The van der Waals surface area contributed by atoms with Gasteiger partial charge in [-0.2, -0.15) is 0 Å². The van der Waals surface area contributed by atoms with Gasteiger partial charge in [-0.05, 0) is 25.0 Å². The third-order valence-electron chi connectivity index (χ3n) is 1.87. The number of aromatic nitrogens is 1. The lowest BCUT2D eigenvalue weighted by Gasteiger charge is -2.08. The molecule has 0 aromatic carbocycles. The first-order valence-electron chi connectivity index (χ1n) is 5.50. The van der Waals surface area contributed by atoms with E-state index < -0.39 is 0 Å². The molecule has 0 aliphatic rings. The van der Waals surface area contributed by atoms with Gasteiger partial charge in [0.15, 0.2) is 0 Å². The van der Waals surface area contributed by atoms with Crippen molar-refractivity contribution in [1.29, 1.82) is 0 Å². The molecule has 15 heavy (non-hydrogen) atoms. The number of ether oxygens (including phenoxy) is 1. The van der Waals surface area contributed by atoms with Crippen LogP contribution in [-0.2, 0) is 11.3 Å². The van der Waals surface area contributed by atoms with E-state index in [0.29, 0.717) is 12.5 Å². The molecule has 84 valence electrons. The third kappa shape index (κ3) is 4.79. The number of hydrogen-bond donors (Lipinski definition) is 1. The molecule has 0 atom stereocenters. The van der Waals surface area contributed by atoms with Gasteiger partial charge in [0.1, 0.15) is 5.82 Å². The summed E-state index contributed by atoms with van der Waals surface area (Å²) < 4.78 is 5.52. The van der Waals surface area contributed by atoms with Gasteiger partial charge in [-0.15, -0.1) is 0 Å². The summed E-state index contributed by atoms with van der Waals surface area (Å²) in [6.07, 6.45) is 0. The lowest BCUT2D eigenvalue weighted by molar-refractivity contribution is 0.0949. The molecule has 1 N–H and O–H groups in total. The Hall–Kier alpha value is -1.09. The molecule has 0 bridgehead atoms. The van der Waals surface area contributed by atoms with Gasteiger partial charge in [0.05, 0.1) is 12.3 Å². The molecule has 1 heterocycles. The predicted molar refractivity (Wildman–Crippen MR) is 62.9 cm³/mol. The van der Waals surface area contributed by atoms with Crippen LogP contribution in [0.2, 0.25) is 0 Å². The fraction of sp³-hybridized carbons (Fsp3) is 0.583. The van der Waals surface area contributed by atoms with Crippen molar-refractivity contribution < 1.29 is 4.74 Å². The number of nitrogens with zero attached hydrogens (tertiary/aromatic N) is 1. The Morgan fingerprint density at radius 3 is 2.87 bits per heavy atom. The average Bonchev–Trinajstić information content (AvgIpc) is 2.18. The second kappa shape index (κ2) is 6.40. The second-order valence-electron chi connectivity index (χ2n) is 3.95. The molecule has 1 aromatic heterocycles. The van der Waals surface area contributed by atoms with E-state index in [1.807, 2.05) is 18.2 Å². The normalized spacial score (nSPS) is 10.7. The van der Waals surface area contributed by atoms with E-state index in [1.165, 1.54) is 0 Å². The fourth-order valence-corrected chi connectivity index (χ4v) is 1.24. The van der Waals surface area contributed by atoms with E-state index in [4.69, 9.17) is 4.74 Å². The van der Waals surface area contributed by atoms with Crippen molar-refractivity contribution in [2.75, 3.05) is 18.5 Å². The molecule has 3 heteroatoms. The number of rotatable bonds is 6. The van der Waals surface area contributed by atoms with E-state index in [-0.39, 0.29) is 0 Å². The van der Waals surface area contributed by atoms with Gasteiger partial charge < -0.3 is 10.1 Å². The van der Waals surface area contributed by atoms with E-state index >= 15 is 0 Å². The van der Waals surface area contributed by atoms with Crippen LogP contribution >= 0.6 is 0 Å². The predicted octanol–water partition coefficient (Wildman–Crippen LogP) is 2.69. The second-order valence-corrected chi connectivity index (χ2v) is 3.95. The topological polar surface area (TPSA) is 34.1 Å². The highest BCUT2D eigenvalue weighted by molar-refractivity contribution is 5.34. The number of nitrogens with one attached hydrogen (secondary N) is 1. The summed E-state index contributed by atoms with van der Waals surface area (Å²) in [5, 5.41) is 3.18. The zero-order valence-corrected chi connectivity index (χ0v) is 9.79. The van der Waals surface area contributed by atoms with Gasteiger partial charge in [-0.3, -0.25) is 0 Å². The van der Waals surface area contributed by atoms with Crippen molar-refractivity contribution in [3.8, 4) is 0 Å². The first kappa shape index (κ1) is 12.0. The van der Waals surface area contributed by atoms with Gasteiger partial charge in [0, 0.05) is 13.2 Å². The zero-order chi connectivity index (χ0) is 11.1. The molecule has 1 aromatic rings. The Labute approximate surface area is 91.9 Å². The Morgan fingerprint density at radius 1 is 1.40 bits per heavy atom. The minimum absolute atomic E-state index is 0.571. The van der Waals surface area contributed by atoms with Crippen LogP contribution in [0.15, 0.2) is 18.2 Å². The highest BCUT2D eigenvalue weighted by atomic mass is 16.5. The van der Waals surface area contributed by atoms with Crippen LogP contribution in [0, 0.1) is 5.92 Å². The van der Waals surface area contributed by atoms with Crippen molar-refractivity contribution >= 4 is 5.82 Å². The van der Waals surface area contributed by atoms with Crippen LogP contribution < -0.4 is 5.32 Å². The molecule has 0 aliphatic heterocycles. The molecule has 0 saturated heterocycles. The van der Waals surface area contributed by atoms with E-state index in [0.717, 1.165) is 24.7 Å². The van der Waals surface area contributed by atoms with Crippen LogP contribution in [0.5, 0.6) is 0 Å². The minimum Gasteiger partial charge on any atom is -0.375 e. The minimum atomic E-state index is 0.571. The van der Waals surface area contributed by atoms with Gasteiger partial charge >= 0.3 is 0 Å². The average molecular weight is 208 g/mol. The quantitative estimate of drug-likeness (QED) is 0.780.